The van der Waals surface area contributed by atoms with Crippen molar-refractivity contribution in [3.05, 3.63) is 59.4 Å². The van der Waals surface area contributed by atoms with Crippen molar-refractivity contribution in [2.24, 2.45) is 5.92 Å². The quantitative estimate of drug-likeness (QED) is 0.471. The van der Waals surface area contributed by atoms with Gasteiger partial charge in [-0.15, -0.1) is 0 Å². The minimum Gasteiger partial charge on any atom is -0.611 e. The molecule has 0 saturated carbocycles. The first kappa shape index (κ1) is 24.1. The van der Waals surface area contributed by atoms with Crippen LogP contribution in [-0.2, 0) is 21.6 Å². The number of ether oxygens (including phenoxy) is 1. The molecule has 2 aliphatic rings. The van der Waals surface area contributed by atoms with Gasteiger partial charge in [0.2, 0.25) is 0 Å². The summed E-state index contributed by atoms with van der Waals surface area (Å²) in [7, 11) is 0. The molecule has 12 heteroatoms. The van der Waals surface area contributed by atoms with E-state index in [9.17, 15) is 39.7 Å². The van der Waals surface area contributed by atoms with Gasteiger partial charge in [0.1, 0.15) is 11.6 Å². The molecule has 0 spiro atoms. The molecular formula is C21H17F8NO2S. The highest BCUT2D eigenvalue weighted by Crippen LogP contribution is 2.56. The van der Waals surface area contributed by atoms with Gasteiger partial charge in [0.25, 0.3) is 0 Å². The molecule has 2 aromatic rings. The molecule has 2 heterocycles. The van der Waals surface area contributed by atoms with Crippen LogP contribution in [0.1, 0.15) is 17.5 Å². The van der Waals surface area contributed by atoms with E-state index in [2.05, 4.69) is 5.32 Å². The van der Waals surface area contributed by atoms with Gasteiger partial charge in [-0.3, -0.25) is 0 Å². The number of alkyl halides is 7. The van der Waals surface area contributed by atoms with E-state index in [1.165, 1.54) is 12.1 Å². The molecule has 4 rings (SSSR count). The van der Waals surface area contributed by atoms with Crippen LogP contribution in [0.5, 0.6) is 5.75 Å². The van der Waals surface area contributed by atoms with Crippen LogP contribution >= 0.6 is 0 Å². The van der Waals surface area contributed by atoms with E-state index in [1.54, 1.807) is 0 Å². The Morgan fingerprint density at radius 1 is 0.970 bits per heavy atom. The van der Waals surface area contributed by atoms with E-state index in [-0.39, 0.29) is 23.5 Å². The number of hydrogen-bond acceptors (Lipinski definition) is 3. The smallest absolute Gasteiger partial charge is 0.435 e. The second kappa shape index (κ2) is 8.02. The van der Waals surface area contributed by atoms with Gasteiger partial charge in [0.05, 0.1) is 18.1 Å². The van der Waals surface area contributed by atoms with E-state index in [0.717, 1.165) is 18.2 Å². The monoisotopic (exact) mass is 499 g/mol. The summed E-state index contributed by atoms with van der Waals surface area (Å²) in [5.74, 6) is -1.40. The Morgan fingerprint density at radius 2 is 1.61 bits per heavy atom. The Labute approximate surface area is 186 Å². The second-order valence-electron chi connectivity index (χ2n) is 7.94. The molecule has 3 unspecified atom stereocenters. The second-order valence-corrected chi connectivity index (χ2v) is 9.68. The number of piperidine rings is 1. The van der Waals surface area contributed by atoms with Crippen LogP contribution in [0.25, 0.3) is 0 Å². The van der Waals surface area contributed by atoms with Crippen LogP contribution in [0.4, 0.5) is 35.1 Å². The summed E-state index contributed by atoms with van der Waals surface area (Å²) in [4.78, 5) is 0.241. The standard InChI is InChI=1S/C21H17F8NO2S/c22-14-2-4-15(5-3-14)33(31)18-7-8-30-10-13(18)11-32-17-9-12(1-6-16(17)18)19(23,20(24,25)26)21(27,28)29/h1-6,9,13,30H,7-8,10-11H2. The fourth-order valence-electron chi connectivity index (χ4n) is 4.46. The molecule has 3 nitrogen and oxygen atoms in total. The first-order valence-corrected chi connectivity index (χ1v) is 11.0. The number of hydrogen-bond donors (Lipinski definition) is 1. The molecule has 3 atom stereocenters. The van der Waals surface area contributed by atoms with E-state index in [1.807, 2.05) is 0 Å². The predicted octanol–water partition coefficient (Wildman–Crippen LogP) is 5.12. The van der Waals surface area contributed by atoms with Crippen LogP contribution in [0.15, 0.2) is 47.4 Å². The molecule has 0 amide bonds. The molecule has 1 N–H and O–H groups in total. The van der Waals surface area contributed by atoms with Crippen LogP contribution in [-0.4, -0.2) is 36.6 Å². The van der Waals surface area contributed by atoms with Crippen molar-refractivity contribution in [3.63, 3.8) is 0 Å². The van der Waals surface area contributed by atoms with Gasteiger partial charge >= 0.3 is 18.0 Å². The van der Waals surface area contributed by atoms with Gasteiger partial charge in [-0.05, 0) is 47.6 Å². The Balaban J connectivity index is 1.87. The molecule has 1 saturated heterocycles. The van der Waals surface area contributed by atoms with Crippen molar-refractivity contribution >= 4 is 11.2 Å². The third-order valence-corrected chi connectivity index (χ3v) is 8.26. The number of nitrogens with one attached hydrogen (secondary N) is 1. The Kier molecular flexibility index (Phi) is 5.85. The zero-order chi connectivity index (χ0) is 24.2. The molecule has 180 valence electrons. The SMILES string of the molecule is [O-][S+](c1ccc(F)cc1)C12CCNCC1COc1cc(C(F)(C(F)(F)F)C(F)(F)F)ccc12. The summed E-state index contributed by atoms with van der Waals surface area (Å²) in [5.41, 5.74) is -7.15. The first-order chi connectivity index (χ1) is 15.3. The highest BCUT2D eigenvalue weighted by molar-refractivity contribution is 7.92. The fraction of sp³-hybridized carbons (Fsp3) is 0.429. The van der Waals surface area contributed by atoms with Crippen LogP contribution in [0, 0.1) is 11.7 Å². The largest absolute Gasteiger partial charge is 0.611 e. The molecule has 0 aromatic heterocycles. The number of fused-ring (bicyclic) bond motifs is 3. The first-order valence-electron chi connectivity index (χ1n) is 9.80. The van der Waals surface area contributed by atoms with Crippen molar-refractivity contribution in [1.82, 2.24) is 5.32 Å². The minimum absolute atomic E-state index is 0.123. The van der Waals surface area contributed by atoms with Gasteiger partial charge < -0.3 is 14.6 Å². The Morgan fingerprint density at radius 3 is 2.21 bits per heavy atom. The fourth-order valence-corrected chi connectivity index (χ4v) is 6.38. The zero-order valence-electron chi connectivity index (χ0n) is 16.7. The number of rotatable bonds is 3. The summed E-state index contributed by atoms with van der Waals surface area (Å²) in [6, 6.07) is 6.55. The summed E-state index contributed by atoms with van der Waals surface area (Å²) in [6.45, 7) is 0.531. The van der Waals surface area contributed by atoms with Crippen molar-refractivity contribution in [3.8, 4) is 5.75 Å². The maximum Gasteiger partial charge on any atom is 0.435 e. The maximum absolute atomic E-state index is 14.6. The molecule has 0 aliphatic carbocycles. The Bertz CT molecular complexity index is 1010. The lowest BCUT2D eigenvalue weighted by Crippen LogP contribution is -2.56. The molecular weight excluding hydrogens is 482 g/mol. The third kappa shape index (κ3) is 3.66. The van der Waals surface area contributed by atoms with Crippen LogP contribution in [0.2, 0.25) is 0 Å². The molecule has 0 radical (unpaired) electrons. The molecule has 33 heavy (non-hydrogen) atoms. The van der Waals surface area contributed by atoms with Gasteiger partial charge in [0.15, 0.2) is 9.64 Å². The van der Waals surface area contributed by atoms with Crippen molar-refractivity contribution in [2.75, 3.05) is 19.7 Å². The van der Waals surface area contributed by atoms with Gasteiger partial charge in [-0.25, -0.2) is 8.78 Å². The lowest BCUT2D eigenvalue weighted by Gasteiger charge is -2.47. The predicted molar refractivity (Wildman–Crippen MR) is 102 cm³/mol. The lowest BCUT2D eigenvalue weighted by molar-refractivity contribution is -0.348. The summed E-state index contributed by atoms with van der Waals surface area (Å²) in [6.07, 6.45) is -12.3. The topological polar surface area (TPSA) is 44.3 Å². The molecule has 1 fully saturated rings. The average molecular weight is 499 g/mol. The average Bonchev–Trinajstić information content (AvgIpc) is 2.76. The van der Waals surface area contributed by atoms with E-state index in [4.69, 9.17) is 4.74 Å². The molecule has 2 aromatic carbocycles. The van der Waals surface area contributed by atoms with Crippen molar-refractivity contribution < 1.29 is 44.4 Å². The van der Waals surface area contributed by atoms with Crippen LogP contribution < -0.4 is 10.1 Å². The van der Waals surface area contributed by atoms with Crippen LogP contribution in [0.3, 0.4) is 0 Å². The van der Waals surface area contributed by atoms with Gasteiger partial charge in [-0.2, -0.15) is 26.3 Å². The third-order valence-electron chi connectivity index (χ3n) is 6.14. The van der Waals surface area contributed by atoms with E-state index >= 15 is 0 Å². The maximum atomic E-state index is 14.6. The highest BCUT2D eigenvalue weighted by Gasteiger charge is 2.73. The molecule has 0 bridgehead atoms. The highest BCUT2D eigenvalue weighted by atomic mass is 32.2. The summed E-state index contributed by atoms with van der Waals surface area (Å²) < 4.78 is 125. The zero-order valence-corrected chi connectivity index (χ0v) is 17.5. The molecule has 2 aliphatic heterocycles. The van der Waals surface area contributed by atoms with E-state index < -0.39 is 57.0 Å². The number of halogens is 8. The van der Waals surface area contributed by atoms with Gasteiger partial charge in [-0.1, -0.05) is 6.07 Å². The Hall–Kier alpha value is -2.05. The van der Waals surface area contributed by atoms with Crippen molar-refractivity contribution in [1.29, 1.82) is 0 Å². The van der Waals surface area contributed by atoms with Crippen molar-refractivity contribution in [2.45, 2.75) is 34.1 Å². The van der Waals surface area contributed by atoms with Gasteiger partial charge in [0, 0.05) is 25.1 Å². The summed E-state index contributed by atoms with van der Waals surface area (Å²) >= 11 is -1.86. The summed E-state index contributed by atoms with van der Waals surface area (Å²) in [5, 5.41) is 3.10. The number of benzene rings is 2. The minimum atomic E-state index is -6.26. The normalized spacial score (nSPS) is 24.5. The van der Waals surface area contributed by atoms with E-state index in [0.29, 0.717) is 25.2 Å². The lowest BCUT2D eigenvalue weighted by atomic mass is 9.77.